The summed E-state index contributed by atoms with van der Waals surface area (Å²) in [6, 6.07) is 0. The second-order valence-corrected chi connectivity index (χ2v) is 11.5. The third-order valence-corrected chi connectivity index (χ3v) is 7.46. The Balaban J connectivity index is 3.18. The van der Waals surface area contributed by atoms with Crippen LogP contribution in [0.2, 0.25) is 0 Å². The van der Waals surface area contributed by atoms with Crippen LogP contribution in [0, 0.1) is 11.8 Å². The largest absolute Gasteiger partial charge is 0.466 e. The fraction of sp³-hybridized carbons (Fsp3) is 0.969. The van der Waals surface area contributed by atoms with Crippen molar-refractivity contribution in [3.63, 3.8) is 0 Å². The van der Waals surface area contributed by atoms with Gasteiger partial charge >= 0.3 is 5.97 Å². The Morgan fingerprint density at radius 2 is 0.912 bits per heavy atom. The van der Waals surface area contributed by atoms with Crippen LogP contribution in [0.25, 0.3) is 0 Å². The van der Waals surface area contributed by atoms with Crippen molar-refractivity contribution in [2.45, 2.75) is 182 Å². The van der Waals surface area contributed by atoms with Gasteiger partial charge < -0.3 is 4.74 Å². The molecule has 204 valence electrons. The predicted octanol–water partition coefficient (Wildman–Crippen LogP) is 11.2. The van der Waals surface area contributed by atoms with Crippen molar-refractivity contribution in [3.05, 3.63) is 0 Å². The Morgan fingerprint density at radius 3 is 1.35 bits per heavy atom. The number of esters is 1. The maximum atomic E-state index is 11.9. The molecule has 0 rings (SSSR count). The van der Waals surface area contributed by atoms with E-state index in [1.165, 1.54) is 135 Å². The van der Waals surface area contributed by atoms with E-state index in [9.17, 15) is 4.79 Å². The van der Waals surface area contributed by atoms with E-state index < -0.39 is 0 Å². The first kappa shape index (κ1) is 33.5. The van der Waals surface area contributed by atoms with Crippen LogP contribution in [-0.4, -0.2) is 12.6 Å². The zero-order valence-corrected chi connectivity index (χ0v) is 24.1. The van der Waals surface area contributed by atoms with Crippen LogP contribution in [0.1, 0.15) is 182 Å². The van der Waals surface area contributed by atoms with E-state index in [1.807, 2.05) is 0 Å². The molecule has 0 spiro atoms. The lowest BCUT2D eigenvalue weighted by Crippen LogP contribution is -2.05. The normalized spacial score (nSPS) is 12.4. The highest BCUT2D eigenvalue weighted by Gasteiger charge is 2.03. The van der Waals surface area contributed by atoms with Crippen molar-refractivity contribution < 1.29 is 9.53 Å². The van der Waals surface area contributed by atoms with Crippen LogP contribution >= 0.6 is 0 Å². The van der Waals surface area contributed by atoms with Crippen LogP contribution in [0.5, 0.6) is 0 Å². The summed E-state index contributed by atoms with van der Waals surface area (Å²) >= 11 is 0. The molecule has 0 aromatic rings. The monoisotopic (exact) mass is 480 g/mol. The summed E-state index contributed by atoms with van der Waals surface area (Å²) in [4.78, 5) is 11.9. The number of rotatable bonds is 27. The van der Waals surface area contributed by atoms with E-state index in [2.05, 4.69) is 27.7 Å². The number of unbranched alkanes of at least 4 members (excludes halogenated alkanes) is 18. The van der Waals surface area contributed by atoms with Crippen molar-refractivity contribution in [2.75, 3.05) is 6.61 Å². The summed E-state index contributed by atoms with van der Waals surface area (Å²) in [5, 5.41) is 0. The first-order valence-corrected chi connectivity index (χ1v) is 15.7. The zero-order chi connectivity index (χ0) is 25.1. The van der Waals surface area contributed by atoms with Gasteiger partial charge in [-0.25, -0.2) is 0 Å². The summed E-state index contributed by atoms with van der Waals surface area (Å²) in [6.07, 6.45) is 31.3. The third kappa shape index (κ3) is 27.7. The van der Waals surface area contributed by atoms with E-state index in [4.69, 9.17) is 4.74 Å². The Hall–Kier alpha value is -0.530. The fourth-order valence-electron chi connectivity index (χ4n) is 4.71. The van der Waals surface area contributed by atoms with E-state index in [0.717, 1.165) is 24.7 Å². The highest BCUT2D eigenvalue weighted by Crippen LogP contribution is 2.16. The molecule has 1 atom stereocenters. The van der Waals surface area contributed by atoms with E-state index in [0.29, 0.717) is 13.0 Å². The lowest BCUT2D eigenvalue weighted by molar-refractivity contribution is -0.143. The molecule has 0 aromatic heterocycles. The molecule has 1 unspecified atom stereocenters. The van der Waals surface area contributed by atoms with Gasteiger partial charge in [-0.3, -0.25) is 4.79 Å². The lowest BCUT2D eigenvalue weighted by Gasteiger charge is -2.07. The highest BCUT2D eigenvalue weighted by molar-refractivity contribution is 5.69. The van der Waals surface area contributed by atoms with Gasteiger partial charge in [0.25, 0.3) is 0 Å². The molecule has 0 saturated carbocycles. The first-order chi connectivity index (χ1) is 16.6. The molecule has 0 heterocycles. The van der Waals surface area contributed by atoms with Crippen LogP contribution in [0.4, 0.5) is 0 Å². The summed E-state index contributed by atoms with van der Waals surface area (Å²) in [5.41, 5.74) is 0. The summed E-state index contributed by atoms with van der Waals surface area (Å²) in [7, 11) is 0. The molecular formula is C32H64O2. The molecule has 0 radical (unpaired) electrons. The first-order valence-electron chi connectivity index (χ1n) is 15.7. The maximum Gasteiger partial charge on any atom is 0.305 e. The number of hydrogen-bond donors (Lipinski definition) is 0. The van der Waals surface area contributed by atoms with Gasteiger partial charge in [0.2, 0.25) is 0 Å². The summed E-state index contributed by atoms with van der Waals surface area (Å²) < 4.78 is 5.41. The van der Waals surface area contributed by atoms with E-state index in [1.54, 1.807) is 0 Å². The quantitative estimate of drug-likeness (QED) is 0.0862. The van der Waals surface area contributed by atoms with Crippen LogP contribution in [0.15, 0.2) is 0 Å². The van der Waals surface area contributed by atoms with Gasteiger partial charge in [-0.05, 0) is 24.7 Å². The lowest BCUT2D eigenvalue weighted by atomic mass is 10.00. The SMILES string of the molecule is CCC(C)CCCCCCCCCCOC(=O)CCCCCCCCCCCCCCC(C)C. The predicted molar refractivity (Wildman–Crippen MR) is 151 cm³/mol. The molecule has 0 aliphatic carbocycles. The van der Waals surface area contributed by atoms with Gasteiger partial charge in [0, 0.05) is 6.42 Å². The molecule has 0 aromatic carbocycles. The molecule has 0 aliphatic rings. The van der Waals surface area contributed by atoms with Gasteiger partial charge in [0.15, 0.2) is 0 Å². The minimum Gasteiger partial charge on any atom is -0.466 e. The van der Waals surface area contributed by atoms with Crippen LogP contribution in [0.3, 0.4) is 0 Å². The van der Waals surface area contributed by atoms with Gasteiger partial charge in [-0.15, -0.1) is 0 Å². The molecule has 0 saturated heterocycles. The molecule has 2 heteroatoms. The molecule has 0 fully saturated rings. The van der Waals surface area contributed by atoms with Crippen molar-refractivity contribution in [1.82, 2.24) is 0 Å². The summed E-state index contributed by atoms with van der Waals surface area (Å²) in [6.45, 7) is 9.94. The van der Waals surface area contributed by atoms with Crippen molar-refractivity contribution in [1.29, 1.82) is 0 Å². The number of ether oxygens (including phenoxy) is 1. The van der Waals surface area contributed by atoms with E-state index >= 15 is 0 Å². The molecule has 0 amide bonds. The highest BCUT2D eigenvalue weighted by atomic mass is 16.5. The van der Waals surface area contributed by atoms with E-state index in [-0.39, 0.29) is 5.97 Å². The van der Waals surface area contributed by atoms with Crippen LogP contribution in [-0.2, 0) is 9.53 Å². The van der Waals surface area contributed by atoms with Gasteiger partial charge in [0.1, 0.15) is 0 Å². The number of hydrogen-bond acceptors (Lipinski definition) is 2. The second kappa shape index (κ2) is 27.1. The Morgan fingerprint density at radius 1 is 0.529 bits per heavy atom. The Bertz CT molecular complexity index is 404. The van der Waals surface area contributed by atoms with Gasteiger partial charge in [-0.2, -0.15) is 0 Å². The molecule has 2 nitrogen and oxygen atoms in total. The average Bonchev–Trinajstić information content (AvgIpc) is 2.82. The van der Waals surface area contributed by atoms with Gasteiger partial charge in [-0.1, -0.05) is 163 Å². The minimum absolute atomic E-state index is 0.0229. The fourth-order valence-corrected chi connectivity index (χ4v) is 4.71. The Labute approximate surface area is 215 Å². The zero-order valence-electron chi connectivity index (χ0n) is 24.1. The topological polar surface area (TPSA) is 26.3 Å². The minimum atomic E-state index is 0.0229. The number of carbonyl (C=O) groups is 1. The third-order valence-electron chi connectivity index (χ3n) is 7.46. The molecule has 0 aliphatic heterocycles. The molecule has 0 N–H and O–H groups in total. The average molecular weight is 481 g/mol. The summed E-state index contributed by atoms with van der Waals surface area (Å²) in [5.74, 6) is 1.80. The number of carbonyl (C=O) groups excluding carboxylic acids is 1. The smallest absolute Gasteiger partial charge is 0.305 e. The van der Waals surface area contributed by atoms with Crippen molar-refractivity contribution in [3.8, 4) is 0 Å². The molecular weight excluding hydrogens is 416 g/mol. The van der Waals surface area contributed by atoms with Crippen molar-refractivity contribution >= 4 is 5.97 Å². The second-order valence-electron chi connectivity index (χ2n) is 11.5. The standard InChI is InChI=1S/C32H64O2/c1-5-31(4)27-23-19-15-12-13-17-21-25-29-34-32(33)28-24-20-16-11-9-7-6-8-10-14-18-22-26-30(2)3/h30-31H,5-29H2,1-4H3. The Kier molecular flexibility index (Phi) is 26.6. The molecule has 34 heavy (non-hydrogen) atoms. The molecule has 0 bridgehead atoms. The van der Waals surface area contributed by atoms with Crippen LogP contribution < -0.4 is 0 Å². The van der Waals surface area contributed by atoms with Crippen molar-refractivity contribution in [2.24, 2.45) is 11.8 Å². The maximum absolute atomic E-state index is 11.9. The van der Waals surface area contributed by atoms with Gasteiger partial charge in [0.05, 0.1) is 6.61 Å².